The second-order valence-corrected chi connectivity index (χ2v) is 7.39. The van der Waals surface area contributed by atoms with Crippen LogP contribution in [0, 0.1) is 11.3 Å². The minimum Gasteiger partial charge on any atom is -0.530 e. The van der Waals surface area contributed by atoms with Gasteiger partial charge in [-0.2, -0.15) is 36.7 Å². The van der Waals surface area contributed by atoms with Crippen molar-refractivity contribution in [1.29, 1.82) is 5.26 Å². The predicted molar refractivity (Wildman–Crippen MR) is 89.6 cm³/mol. The molecular formula is C16H5Cl2F8N4O2-. The highest BCUT2D eigenvalue weighted by molar-refractivity contribution is 6.38. The molecule has 0 spiro atoms. The summed E-state index contributed by atoms with van der Waals surface area (Å²) >= 11 is 11.6. The summed E-state index contributed by atoms with van der Waals surface area (Å²) in [7, 11) is 0. The van der Waals surface area contributed by atoms with Crippen molar-refractivity contribution < 1.29 is 45.0 Å². The van der Waals surface area contributed by atoms with Crippen LogP contribution in [-0.4, -0.2) is 28.0 Å². The Morgan fingerprint density at radius 1 is 1.19 bits per heavy atom. The van der Waals surface area contributed by atoms with Crippen LogP contribution in [0.25, 0.3) is 5.69 Å². The third kappa shape index (κ3) is 3.49. The third-order valence-corrected chi connectivity index (χ3v) is 5.24. The molecule has 16 heteroatoms. The van der Waals surface area contributed by atoms with Gasteiger partial charge in [-0.25, -0.2) is 13.5 Å². The Balaban J connectivity index is 2.39. The number of anilines is 1. The summed E-state index contributed by atoms with van der Waals surface area (Å²) in [6.07, 6.45) is -14.7. The lowest BCUT2D eigenvalue weighted by Crippen LogP contribution is -2.37. The summed E-state index contributed by atoms with van der Waals surface area (Å²) in [6.45, 7) is 0. The van der Waals surface area contributed by atoms with Crippen LogP contribution >= 0.6 is 23.2 Å². The molecule has 2 aromatic rings. The predicted octanol–water partition coefficient (Wildman–Crippen LogP) is 4.66. The fraction of sp³-hybridized carbons (Fsp3) is 0.312. The topological polar surface area (TPSA) is 93.8 Å². The Kier molecular flexibility index (Phi) is 5.30. The Hall–Kier alpha value is -2.79. The first-order valence-electron chi connectivity index (χ1n) is 8.00. The average Bonchev–Trinajstić information content (AvgIpc) is 3.04. The van der Waals surface area contributed by atoms with Gasteiger partial charge in [0.05, 0.1) is 21.2 Å². The molecule has 172 valence electrons. The van der Waals surface area contributed by atoms with E-state index in [4.69, 9.17) is 23.2 Å². The Morgan fingerprint density at radius 2 is 1.69 bits per heavy atom. The monoisotopic (exact) mass is 507 g/mol. The van der Waals surface area contributed by atoms with Gasteiger partial charge in [0.25, 0.3) is 5.92 Å². The van der Waals surface area contributed by atoms with Crippen molar-refractivity contribution in [1.82, 2.24) is 9.78 Å². The van der Waals surface area contributed by atoms with Crippen LogP contribution in [0.1, 0.15) is 23.2 Å². The van der Waals surface area contributed by atoms with Crippen molar-refractivity contribution in [2.24, 2.45) is 0 Å². The van der Waals surface area contributed by atoms with Gasteiger partial charge in [-0.15, -0.1) is 0 Å². The normalized spacial score (nSPS) is 20.0. The molecule has 1 aromatic heterocycles. The number of nitrogens with zero attached hydrogens (tertiary/aromatic N) is 3. The number of carboxylic acid groups (broad SMARTS) is 1. The van der Waals surface area contributed by atoms with E-state index in [1.807, 2.05) is 0 Å². The molecule has 1 amide bonds. The molecular weight excluding hydrogens is 503 g/mol. The van der Waals surface area contributed by atoms with Gasteiger partial charge in [0, 0.05) is 6.42 Å². The number of nitrogens with one attached hydrogen (secondary N) is 1. The van der Waals surface area contributed by atoms with Gasteiger partial charge < -0.3 is 15.2 Å². The van der Waals surface area contributed by atoms with E-state index in [1.54, 1.807) is 0 Å². The molecule has 1 atom stereocenters. The average molecular weight is 508 g/mol. The molecule has 0 radical (unpaired) electrons. The highest BCUT2D eigenvalue weighted by Gasteiger charge is 2.86. The van der Waals surface area contributed by atoms with E-state index in [0.29, 0.717) is 12.1 Å². The molecule has 3 rings (SSSR count). The summed E-state index contributed by atoms with van der Waals surface area (Å²) in [4.78, 5) is 11.1. The zero-order valence-electron chi connectivity index (χ0n) is 14.8. The molecule has 1 fully saturated rings. The lowest BCUT2D eigenvalue weighted by atomic mass is 9.93. The number of carbonyl (C=O) groups excluding carboxylic acids is 1. The van der Waals surface area contributed by atoms with Crippen LogP contribution in [0.4, 0.5) is 45.7 Å². The smallest absolute Gasteiger partial charge is 0.416 e. The van der Waals surface area contributed by atoms with Crippen LogP contribution in [-0.2, 0) is 11.6 Å². The molecule has 0 bridgehead atoms. The van der Waals surface area contributed by atoms with Crippen LogP contribution in [0.5, 0.6) is 0 Å². The largest absolute Gasteiger partial charge is 0.530 e. The summed E-state index contributed by atoms with van der Waals surface area (Å²) in [6, 6.07) is 1.74. The molecule has 0 aliphatic heterocycles. The molecule has 1 unspecified atom stereocenters. The van der Waals surface area contributed by atoms with Crippen LogP contribution in [0.3, 0.4) is 0 Å². The third-order valence-electron chi connectivity index (χ3n) is 4.67. The Bertz CT molecular complexity index is 1150. The first kappa shape index (κ1) is 23.9. The molecule has 0 saturated heterocycles. The van der Waals surface area contributed by atoms with E-state index in [2.05, 4.69) is 5.10 Å². The first-order chi connectivity index (χ1) is 14.5. The van der Waals surface area contributed by atoms with Gasteiger partial charge in [0.15, 0.2) is 11.1 Å². The zero-order valence-corrected chi connectivity index (χ0v) is 16.3. The maximum absolute atomic E-state index is 14.0. The number of rotatable bonds is 3. The summed E-state index contributed by atoms with van der Waals surface area (Å²) in [5, 5.41) is 23.2. The fourth-order valence-electron chi connectivity index (χ4n) is 3.22. The van der Waals surface area contributed by atoms with Gasteiger partial charge in [-0.3, -0.25) is 0 Å². The quantitative estimate of drug-likeness (QED) is 0.611. The molecule has 1 aliphatic carbocycles. The van der Waals surface area contributed by atoms with E-state index in [1.165, 1.54) is 5.32 Å². The highest BCUT2D eigenvalue weighted by atomic mass is 35.5. The molecule has 32 heavy (non-hydrogen) atoms. The van der Waals surface area contributed by atoms with Crippen molar-refractivity contribution >= 4 is 35.1 Å². The number of amides is 1. The second-order valence-electron chi connectivity index (χ2n) is 6.58. The standard InChI is InChI=1S/C16H6Cl2F8N4O2/c17-6-1-5(15(21,22)23)2-7(18)10(6)30-11(28-12(31)32)9(8(3-27)29-30)13(16(24,25)26)4-14(13,19)20/h1-2,28H,4H2,(H,31,32)/p-1. The number of aromatic nitrogens is 2. The van der Waals surface area contributed by atoms with Gasteiger partial charge in [-0.05, 0) is 12.1 Å². The van der Waals surface area contributed by atoms with Gasteiger partial charge in [0.1, 0.15) is 23.7 Å². The number of halogens is 10. The molecule has 6 nitrogen and oxygen atoms in total. The number of nitriles is 1. The van der Waals surface area contributed by atoms with Crippen molar-refractivity contribution in [2.45, 2.75) is 30.1 Å². The molecule has 1 heterocycles. The van der Waals surface area contributed by atoms with Gasteiger partial charge >= 0.3 is 12.4 Å². The van der Waals surface area contributed by atoms with E-state index in [9.17, 15) is 50.3 Å². The van der Waals surface area contributed by atoms with Crippen molar-refractivity contribution in [2.75, 3.05) is 5.32 Å². The zero-order chi connectivity index (χ0) is 24.4. The van der Waals surface area contributed by atoms with E-state index < -0.39 is 74.6 Å². The maximum Gasteiger partial charge on any atom is 0.416 e. The summed E-state index contributed by atoms with van der Waals surface area (Å²) < 4.78 is 108. The maximum atomic E-state index is 14.0. The Labute approximate surface area is 181 Å². The fourth-order valence-corrected chi connectivity index (χ4v) is 3.86. The number of hydrogen-bond acceptors (Lipinski definition) is 4. The van der Waals surface area contributed by atoms with E-state index in [0.717, 1.165) is 6.07 Å². The first-order valence-corrected chi connectivity index (χ1v) is 8.76. The second kappa shape index (κ2) is 7.11. The van der Waals surface area contributed by atoms with E-state index in [-0.39, 0.29) is 4.68 Å². The van der Waals surface area contributed by atoms with Crippen molar-refractivity contribution in [3.63, 3.8) is 0 Å². The number of alkyl halides is 8. The van der Waals surface area contributed by atoms with Gasteiger partial charge in [-0.1, -0.05) is 23.2 Å². The molecule has 1 aromatic carbocycles. The number of hydrogen-bond donors (Lipinski definition) is 1. The number of benzene rings is 1. The molecule has 1 N–H and O–H groups in total. The van der Waals surface area contributed by atoms with Crippen molar-refractivity contribution in [3.8, 4) is 11.8 Å². The minimum absolute atomic E-state index is 0.135. The molecule has 1 saturated carbocycles. The SMILES string of the molecule is N#Cc1nn(-c2c(Cl)cc(C(F)(F)F)cc2Cl)c(NC(=O)[O-])c1C1(C(F)(F)F)CC1(F)F. The lowest BCUT2D eigenvalue weighted by Gasteiger charge is -2.22. The minimum atomic E-state index is -5.67. The Morgan fingerprint density at radius 3 is 2.03 bits per heavy atom. The highest BCUT2D eigenvalue weighted by Crippen LogP contribution is 2.70. The summed E-state index contributed by atoms with van der Waals surface area (Å²) in [5.41, 5.74) is -9.00. The summed E-state index contributed by atoms with van der Waals surface area (Å²) in [5.74, 6) is -5.78. The van der Waals surface area contributed by atoms with Gasteiger partial charge in [0.2, 0.25) is 0 Å². The lowest BCUT2D eigenvalue weighted by molar-refractivity contribution is -0.242. The van der Waals surface area contributed by atoms with E-state index >= 15 is 0 Å². The molecule has 1 aliphatic rings. The van der Waals surface area contributed by atoms with Crippen LogP contribution in [0.2, 0.25) is 10.0 Å². The van der Waals surface area contributed by atoms with Crippen LogP contribution < -0.4 is 10.4 Å². The number of carbonyl (C=O) groups is 1. The van der Waals surface area contributed by atoms with Crippen LogP contribution in [0.15, 0.2) is 12.1 Å². The van der Waals surface area contributed by atoms with Crippen molar-refractivity contribution in [3.05, 3.63) is 39.0 Å².